The molecule has 5 N–H and O–H groups in total. The van der Waals surface area contributed by atoms with Crippen LogP contribution in [0.2, 0.25) is 0 Å². The van der Waals surface area contributed by atoms with Gasteiger partial charge in [-0.15, -0.1) is 0 Å². The van der Waals surface area contributed by atoms with Crippen molar-refractivity contribution in [2.45, 2.75) is 52.2 Å². The monoisotopic (exact) mass is 874 g/mol. The Kier molecular flexibility index (Phi) is 15.9. The van der Waals surface area contributed by atoms with Gasteiger partial charge in [-0.2, -0.15) is 0 Å². The van der Waals surface area contributed by atoms with Crippen LogP contribution in [0.3, 0.4) is 0 Å². The van der Waals surface area contributed by atoms with Gasteiger partial charge in [0.1, 0.15) is 35.2 Å². The minimum absolute atomic E-state index is 0.207. The number of aromatic nitrogens is 8. The van der Waals surface area contributed by atoms with Crippen molar-refractivity contribution < 1.29 is 41.8 Å². The molecule has 0 spiro atoms. The van der Waals surface area contributed by atoms with Gasteiger partial charge in [-0.3, -0.25) is 4.52 Å². The maximum absolute atomic E-state index is 13.5. The van der Waals surface area contributed by atoms with E-state index in [2.05, 4.69) is 29.9 Å². The molecule has 0 aliphatic rings. The summed E-state index contributed by atoms with van der Waals surface area (Å²) in [7, 11) is -7.50. The summed E-state index contributed by atoms with van der Waals surface area (Å²) in [5, 5.41) is 0. The summed E-state index contributed by atoms with van der Waals surface area (Å²) in [6.45, 7) is 5.64. The molecule has 7 aromatic rings. The number of benzene rings is 3. The Labute approximate surface area is 352 Å². The molecule has 21 heteroatoms. The van der Waals surface area contributed by atoms with Gasteiger partial charge in [0.15, 0.2) is 35.6 Å². The second-order valence-corrected chi connectivity index (χ2v) is 17.3. The number of nitrogens with two attached hydrogens (primary N) is 2. The molecule has 4 aromatic heterocycles. The number of hydrogen-bond acceptors (Lipinski definition) is 16. The van der Waals surface area contributed by atoms with Crippen LogP contribution in [-0.4, -0.2) is 82.0 Å². The normalized spacial score (nSPS) is 14.3. The minimum atomic E-state index is -3.91. The van der Waals surface area contributed by atoms with Gasteiger partial charge in [0, 0.05) is 6.61 Å². The number of nitrogens with zero attached hydrogens (tertiary/aromatic N) is 8. The van der Waals surface area contributed by atoms with E-state index < -0.39 is 21.5 Å². The number of imidazole rings is 2. The van der Waals surface area contributed by atoms with Crippen LogP contribution < -0.4 is 20.5 Å². The lowest BCUT2D eigenvalue weighted by molar-refractivity contribution is 0.0693. The Bertz CT molecular complexity index is 2520. The van der Waals surface area contributed by atoms with Gasteiger partial charge < -0.3 is 48.8 Å². The second-order valence-electron chi connectivity index (χ2n) is 13.7. The predicted octanol–water partition coefficient (Wildman–Crippen LogP) is 6.70. The van der Waals surface area contributed by atoms with E-state index in [9.17, 15) is 14.0 Å². The Morgan fingerprint density at radius 3 is 1.67 bits per heavy atom. The first-order valence-electron chi connectivity index (χ1n) is 19.2. The first kappa shape index (κ1) is 44.8. The number of hydrogen-bond donors (Lipinski definition) is 3. The Balaban J connectivity index is 0.000000218. The lowest BCUT2D eigenvalue weighted by Gasteiger charge is -2.22. The van der Waals surface area contributed by atoms with E-state index in [0.29, 0.717) is 78.2 Å². The van der Waals surface area contributed by atoms with E-state index in [1.165, 1.54) is 12.7 Å². The summed E-state index contributed by atoms with van der Waals surface area (Å²) in [5.41, 5.74) is 14.9. The molecule has 0 fully saturated rings. The number of fused-ring (bicyclic) bond motifs is 2. The zero-order chi connectivity index (χ0) is 43.1. The summed E-state index contributed by atoms with van der Waals surface area (Å²) < 4.78 is 62.8. The van der Waals surface area contributed by atoms with E-state index in [-0.39, 0.29) is 25.2 Å². The molecular weight excluding hydrogens is 826 g/mol. The molecule has 2 unspecified atom stereocenters. The zero-order valence-electron chi connectivity index (χ0n) is 33.6. The molecule has 0 aliphatic heterocycles. The van der Waals surface area contributed by atoms with Crippen LogP contribution in [0.25, 0.3) is 22.3 Å². The predicted molar refractivity (Wildman–Crippen MR) is 229 cm³/mol. The van der Waals surface area contributed by atoms with E-state index >= 15 is 0 Å². The molecule has 4 atom stereocenters. The van der Waals surface area contributed by atoms with E-state index in [1.807, 2.05) is 47.9 Å². The smallest absolute Gasteiger partial charge is 0.404 e. The first-order chi connectivity index (χ1) is 29.5. The molecule has 0 saturated carbocycles. The molecule has 0 bridgehead atoms. The molecule has 4 heterocycles. The summed E-state index contributed by atoms with van der Waals surface area (Å²) in [4.78, 5) is 34.5. The van der Waals surface area contributed by atoms with E-state index in [1.54, 1.807) is 78.7 Å². The van der Waals surface area contributed by atoms with Crippen LogP contribution in [0.4, 0.5) is 11.6 Å². The molecule has 19 nitrogen and oxygen atoms in total. The minimum Gasteiger partial charge on any atom is -0.423 e. The number of rotatable bonds is 21. The van der Waals surface area contributed by atoms with Crippen molar-refractivity contribution >= 4 is 49.2 Å². The number of para-hydroxylation sites is 2. The van der Waals surface area contributed by atoms with Gasteiger partial charge in [0.2, 0.25) is 0 Å². The highest BCUT2D eigenvalue weighted by Gasteiger charge is 2.28. The lowest BCUT2D eigenvalue weighted by Crippen LogP contribution is -2.19. The highest BCUT2D eigenvalue weighted by molar-refractivity contribution is 7.54. The Morgan fingerprint density at radius 1 is 0.639 bits per heavy atom. The molecule has 0 amide bonds. The van der Waals surface area contributed by atoms with Gasteiger partial charge in [0.05, 0.1) is 51.2 Å². The molecular formula is C40H48N10O9P2. The van der Waals surface area contributed by atoms with Gasteiger partial charge >= 0.3 is 15.2 Å². The molecule has 61 heavy (non-hydrogen) atoms. The maximum atomic E-state index is 13.5. The summed E-state index contributed by atoms with van der Waals surface area (Å²) in [6, 6.07) is 27.3. The van der Waals surface area contributed by atoms with Gasteiger partial charge in [-0.05, 0) is 50.1 Å². The largest absolute Gasteiger partial charge is 0.423 e. The Hall–Kier alpha value is -5.78. The van der Waals surface area contributed by atoms with Crippen LogP contribution in [0.5, 0.6) is 11.5 Å². The number of ether oxygens (including phenoxy) is 3. The standard InChI is InChI=1S/C25H30N5O5P.C15H18N5O4P/c1-20(15-30-18-29-23-24(26)27-17-28-25(23)30)33-19-36(31,35-22-11-6-3-7-12-22)34-14-8-13-32-16-21-9-4-2-5-10-21;1-11(7-20-9-19-13-14(16)17-8-18-15(13)20)23-10-25(21,22)24-12-5-3-2-4-6-12/h2-7,9-12,17-18,20H,8,13-16,19H2,1H3,(H2,26,27,28);2-6,8-9,11H,7,10H2,1H3,(H,21,22)(H2,16,17,18)/t20-,36?;11-/m11/s1. The second kappa shape index (κ2) is 21.7. The van der Waals surface area contributed by atoms with E-state index in [0.717, 1.165) is 5.56 Å². The van der Waals surface area contributed by atoms with Crippen LogP contribution in [0.15, 0.2) is 116 Å². The molecule has 3 aromatic carbocycles. The summed E-state index contributed by atoms with van der Waals surface area (Å²) >= 11 is 0. The quantitative estimate of drug-likeness (QED) is 0.0502. The average molecular weight is 875 g/mol. The van der Waals surface area contributed by atoms with E-state index in [4.69, 9.17) is 39.2 Å². The van der Waals surface area contributed by atoms with Crippen molar-refractivity contribution in [3.8, 4) is 11.5 Å². The molecule has 0 aliphatic carbocycles. The van der Waals surface area contributed by atoms with Gasteiger partial charge in [-0.1, -0.05) is 66.7 Å². The van der Waals surface area contributed by atoms with Gasteiger partial charge in [-0.25, -0.2) is 39.0 Å². The third kappa shape index (κ3) is 13.6. The average Bonchev–Trinajstić information content (AvgIpc) is 3.87. The van der Waals surface area contributed by atoms with Crippen molar-refractivity contribution in [3.05, 3.63) is 122 Å². The number of nitrogen functional groups attached to an aromatic ring is 2. The lowest BCUT2D eigenvalue weighted by atomic mass is 10.2. The van der Waals surface area contributed by atoms with Crippen LogP contribution in [0.1, 0.15) is 25.8 Å². The third-order valence-corrected chi connectivity index (χ3v) is 11.1. The van der Waals surface area contributed by atoms with Crippen molar-refractivity contribution in [3.63, 3.8) is 0 Å². The topological polar surface area (TPSA) is 249 Å². The van der Waals surface area contributed by atoms with Gasteiger partial charge in [0.25, 0.3) is 0 Å². The summed E-state index contributed by atoms with van der Waals surface area (Å²) in [5.74, 6) is 1.38. The van der Waals surface area contributed by atoms with Crippen LogP contribution in [0, 0.1) is 0 Å². The van der Waals surface area contributed by atoms with Crippen molar-refractivity contribution in [2.24, 2.45) is 0 Å². The number of anilines is 2. The first-order valence-corrected chi connectivity index (χ1v) is 22.7. The van der Waals surface area contributed by atoms with Crippen LogP contribution in [-0.2, 0) is 47.6 Å². The SMILES string of the molecule is C[C@H](Cn1cnc2c(N)ncnc21)OCP(=O)(O)Oc1ccccc1.C[C@H](Cn1cnc2c(N)ncnc21)OCP(=O)(OCCCOCc1ccccc1)Oc1ccccc1. The Morgan fingerprint density at radius 2 is 1.13 bits per heavy atom. The fourth-order valence-corrected chi connectivity index (χ4v) is 8.11. The molecule has 0 saturated heterocycles. The zero-order valence-corrected chi connectivity index (χ0v) is 35.4. The van der Waals surface area contributed by atoms with Crippen molar-refractivity contribution in [1.29, 1.82) is 0 Å². The van der Waals surface area contributed by atoms with Crippen molar-refractivity contribution in [2.75, 3.05) is 37.4 Å². The molecule has 322 valence electrons. The fourth-order valence-electron chi connectivity index (χ4n) is 5.70. The summed E-state index contributed by atoms with van der Waals surface area (Å²) in [6.07, 6.45) is 5.18. The third-order valence-electron chi connectivity index (χ3n) is 8.62. The molecule has 7 rings (SSSR count). The van der Waals surface area contributed by atoms with Crippen molar-refractivity contribution in [1.82, 2.24) is 39.0 Å². The highest BCUT2D eigenvalue weighted by Crippen LogP contribution is 2.48. The highest BCUT2D eigenvalue weighted by atomic mass is 31.2. The van der Waals surface area contributed by atoms with Crippen LogP contribution >= 0.6 is 15.2 Å². The maximum Gasteiger partial charge on any atom is 0.404 e. The molecule has 0 radical (unpaired) electrons. The fraction of sp³-hybridized carbons (Fsp3) is 0.300.